The van der Waals surface area contributed by atoms with Crippen LogP contribution in [0.15, 0.2) is 22.5 Å². The number of hydrogen-bond donors (Lipinski definition) is 0. The standard InChI is InChI=1S/C14H14N2O2S2/c1-4-18-12(17)14(2,3)20-13-16-10-6-5-9(8-15)7-11(10)19-13/h5-7H,4H2,1-3H3. The van der Waals surface area contributed by atoms with E-state index in [4.69, 9.17) is 10.00 Å². The van der Waals surface area contributed by atoms with Crippen LogP contribution < -0.4 is 0 Å². The minimum Gasteiger partial charge on any atom is -0.465 e. The fourth-order valence-corrected chi connectivity index (χ4v) is 4.10. The van der Waals surface area contributed by atoms with Crippen molar-refractivity contribution in [2.75, 3.05) is 6.61 Å². The summed E-state index contributed by atoms with van der Waals surface area (Å²) in [6.07, 6.45) is 0. The van der Waals surface area contributed by atoms with Gasteiger partial charge in [-0.05, 0) is 39.0 Å². The van der Waals surface area contributed by atoms with E-state index in [1.807, 2.05) is 26.0 Å². The molecular weight excluding hydrogens is 292 g/mol. The van der Waals surface area contributed by atoms with Gasteiger partial charge in [0.05, 0.1) is 28.5 Å². The van der Waals surface area contributed by atoms with E-state index in [-0.39, 0.29) is 5.97 Å². The lowest BCUT2D eigenvalue weighted by Crippen LogP contribution is -2.29. The monoisotopic (exact) mass is 306 g/mol. The third-order valence-electron chi connectivity index (χ3n) is 2.61. The fraction of sp³-hybridized carbons (Fsp3) is 0.357. The lowest BCUT2D eigenvalue weighted by molar-refractivity contribution is -0.145. The van der Waals surface area contributed by atoms with Gasteiger partial charge in [-0.2, -0.15) is 5.26 Å². The van der Waals surface area contributed by atoms with E-state index in [2.05, 4.69) is 11.1 Å². The number of thiazole rings is 1. The molecule has 6 heteroatoms. The molecule has 104 valence electrons. The van der Waals surface area contributed by atoms with Gasteiger partial charge in [0.2, 0.25) is 0 Å². The third kappa shape index (κ3) is 3.11. The Bertz CT molecular complexity index is 686. The highest BCUT2D eigenvalue weighted by molar-refractivity contribution is 8.03. The number of fused-ring (bicyclic) bond motifs is 1. The number of ether oxygens (including phenoxy) is 1. The lowest BCUT2D eigenvalue weighted by atomic mass is 10.2. The maximum atomic E-state index is 11.9. The van der Waals surface area contributed by atoms with Gasteiger partial charge in [-0.15, -0.1) is 11.3 Å². The van der Waals surface area contributed by atoms with Gasteiger partial charge in [-0.1, -0.05) is 11.8 Å². The topological polar surface area (TPSA) is 63.0 Å². The van der Waals surface area contributed by atoms with Crippen molar-refractivity contribution >= 4 is 39.3 Å². The van der Waals surface area contributed by atoms with Crippen molar-refractivity contribution in [2.45, 2.75) is 29.9 Å². The number of carbonyl (C=O) groups is 1. The summed E-state index contributed by atoms with van der Waals surface area (Å²) in [5.74, 6) is -0.248. The molecule has 1 heterocycles. The molecular formula is C14H14N2O2S2. The molecule has 0 fully saturated rings. The molecule has 1 aromatic carbocycles. The van der Waals surface area contributed by atoms with Crippen LogP contribution in [0.25, 0.3) is 10.2 Å². The van der Waals surface area contributed by atoms with Crippen molar-refractivity contribution < 1.29 is 9.53 Å². The molecule has 0 bridgehead atoms. The number of hydrogen-bond acceptors (Lipinski definition) is 6. The van der Waals surface area contributed by atoms with Crippen LogP contribution in [0.1, 0.15) is 26.3 Å². The molecule has 0 aliphatic rings. The molecule has 0 saturated carbocycles. The van der Waals surface area contributed by atoms with E-state index < -0.39 is 4.75 Å². The van der Waals surface area contributed by atoms with Gasteiger partial charge in [0.15, 0.2) is 4.34 Å². The predicted octanol–water partition coefficient (Wildman–Crippen LogP) is 3.60. The lowest BCUT2D eigenvalue weighted by Gasteiger charge is -2.19. The van der Waals surface area contributed by atoms with Crippen molar-refractivity contribution in [3.8, 4) is 6.07 Å². The van der Waals surface area contributed by atoms with Gasteiger partial charge in [0.25, 0.3) is 0 Å². The molecule has 20 heavy (non-hydrogen) atoms. The second kappa shape index (κ2) is 5.81. The summed E-state index contributed by atoms with van der Waals surface area (Å²) in [7, 11) is 0. The van der Waals surface area contributed by atoms with Crippen molar-refractivity contribution in [3.05, 3.63) is 23.8 Å². The summed E-state index contributed by atoms with van der Waals surface area (Å²) in [6, 6.07) is 7.49. The number of nitrogens with zero attached hydrogens (tertiary/aromatic N) is 2. The smallest absolute Gasteiger partial charge is 0.322 e. The van der Waals surface area contributed by atoms with Gasteiger partial charge in [0.1, 0.15) is 4.75 Å². The highest BCUT2D eigenvalue weighted by atomic mass is 32.2. The highest BCUT2D eigenvalue weighted by Crippen LogP contribution is 2.38. The molecule has 0 N–H and O–H groups in total. The highest BCUT2D eigenvalue weighted by Gasteiger charge is 2.31. The van der Waals surface area contributed by atoms with Crippen LogP contribution in [0, 0.1) is 11.3 Å². The normalized spacial score (nSPS) is 11.3. The van der Waals surface area contributed by atoms with Gasteiger partial charge in [-0.3, -0.25) is 4.79 Å². The number of aromatic nitrogens is 1. The maximum absolute atomic E-state index is 11.9. The largest absolute Gasteiger partial charge is 0.465 e. The van der Waals surface area contributed by atoms with Crippen LogP contribution in [0.3, 0.4) is 0 Å². The second-order valence-corrected chi connectivity index (χ2v) is 7.51. The number of rotatable bonds is 4. The molecule has 2 rings (SSSR count). The fourth-order valence-electron chi connectivity index (χ4n) is 1.58. The number of thioether (sulfide) groups is 1. The molecule has 0 spiro atoms. The number of carbonyl (C=O) groups excluding carboxylic acids is 1. The van der Waals surface area contributed by atoms with Crippen LogP contribution in [0.5, 0.6) is 0 Å². The molecule has 0 amide bonds. The number of esters is 1. The van der Waals surface area contributed by atoms with Gasteiger partial charge in [-0.25, -0.2) is 4.98 Å². The zero-order chi connectivity index (χ0) is 14.8. The summed E-state index contributed by atoms with van der Waals surface area (Å²) in [5, 5.41) is 8.89. The minimum absolute atomic E-state index is 0.248. The van der Waals surface area contributed by atoms with E-state index in [1.54, 1.807) is 13.0 Å². The average molecular weight is 306 g/mol. The van der Waals surface area contributed by atoms with Crippen LogP contribution in [0.2, 0.25) is 0 Å². The first-order valence-corrected chi connectivity index (χ1v) is 7.76. The quantitative estimate of drug-likeness (QED) is 0.638. The molecule has 2 aromatic rings. The zero-order valence-corrected chi connectivity index (χ0v) is 13.1. The Morgan fingerprint density at radius 1 is 1.55 bits per heavy atom. The second-order valence-electron chi connectivity index (χ2n) is 4.61. The summed E-state index contributed by atoms with van der Waals surface area (Å²) >= 11 is 2.87. The van der Waals surface area contributed by atoms with Crippen LogP contribution in [0.4, 0.5) is 0 Å². The summed E-state index contributed by atoms with van der Waals surface area (Å²) in [5.41, 5.74) is 1.46. The average Bonchev–Trinajstić information content (AvgIpc) is 2.78. The molecule has 0 unspecified atom stereocenters. The van der Waals surface area contributed by atoms with Crippen molar-refractivity contribution in [2.24, 2.45) is 0 Å². The molecule has 0 saturated heterocycles. The Hall–Kier alpha value is -1.58. The van der Waals surface area contributed by atoms with Gasteiger partial charge in [0, 0.05) is 0 Å². The summed E-state index contributed by atoms with van der Waals surface area (Å²) < 4.78 is 6.13. The van der Waals surface area contributed by atoms with E-state index in [0.717, 1.165) is 14.6 Å². The summed E-state index contributed by atoms with van der Waals surface area (Å²) in [4.78, 5) is 16.4. The van der Waals surface area contributed by atoms with E-state index in [1.165, 1.54) is 23.1 Å². The minimum atomic E-state index is -0.679. The van der Waals surface area contributed by atoms with Crippen molar-refractivity contribution in [1.29, 1.82) is 5.26 Å². The molecule has 0 radical (unpaired) electrons. The first-order chi connectivity index (χ1) is 9.46. The van der Waals surface area contributed by atoms with E-state index in [9.17, 15) is 4.79 Å². The molecule has 1 aromatic heterocycles. The zero-order valence-electron chi connectivity index (χ0n) is 11.5. The molecule has 0 aliphatic carbocycles. The van der Waals surface area contributed by atoms with Crippen molar-refractivity contribution in [1.82, 2.24) is 4.98 Å². The molecule has 0 aliphatic heterocycles. The molecule has 0 atom stereocenters. The van der Waals surface area contributed by atoms with Crippen LogP contribution >= 0.6 is 23.1 Å². The number of nitriles is 1. The Labute approximate surface area is 125 Å². The Morgan fingerprint density at radius 2 is 2.30 bits per heavy atom. The van der Waals surface area contributed by atoms with E-state index in [0.29, 0.717) is 12.2 Å². The SMILES string of the molecule is CCOC(=O)C(C)(C)Sc1nc2ccc(C#N)cc2s1. The summed E-state index contributed by atoms with van der Waals surface area (Å²) in [6.45, 7) is 5.80. The first-order valence-electron chi connectivity index (χ1n) is 6.13. The number of benzene rings is 1. The van der Waals surface area contributed by atoms with Crippen molar-refractivity contribution in [3.63, 3.8) is 0 Å². The van der Waals surface area contributed by atoms with Crippen LogP contribution in [-0.2, 0) is 9.53 Å². The first kappa shape index (κ1) is 14.8. The van der Waals surface area contributed by atoms with Gasteiger partial charge >= 0.3 is 5.97 Å². The Kier molecular flexibility index (Phi) is 4.31. The Morgan fingerprint density at radius 3 is 2.95 bits per heavy atom. The molecule has 4 nitrogen and oxygen atoms in total. The Balaban J connectivity index is 2.26. The van der Waals surface area contributed by atoms with E-state index >= 15 is 0 Å². The predicted molar refractivity (Wildman–Crippen MR) is 80.9 cm³/mol. The maximum Gasteiger partial charge on any atom is 0.322 e. The van der Waals surface area contributed by atoms with Crippen LogP contribution in [-0.4, -0.2) is 22.3 Å². The van der Waals surface area contributed by atoms with Gasteiger partial charge < -0.3 is 4.74 Å². The third-order valence-corrected chi connectivity index (χ3v) is 4.86.